The summed E-state index contributed by atoms with van der Waals surface area (Å²) < 4.78 is 5.08. The summed E-state index contributed by atoms with van der Waals surface area (Å²) in [5.41, 5.74) is 0. The quantitative estimate of drug-likeness (QED) is 0.575. The smallest absolute Gasteiger partial charge is 0.316 e. The van der Waals surface area contributed by atoms with Crippen LogP contribution in [0.25, 0.3) is 0 Å². The summed E-state index contributed by atoms with van der Waals surface area (Å²) >= 11 is 1.41. The summed E-state index contributed by atoms with van der Waals surface area (Å²) in [6, 6.07) is 7.51. The molecule has 1 aromatic carbocycles. The van der Waals surface area contributed by atoms with E-state index in [2.05, 4.69) is 6.92 Å². The summed E-state index contributed by atoms with van der Waals surface area (Å²) in [7, 11) is 1.62. The molecular formula is C14H20O3S. The Morgan fingerprint density at radius 1 is 1.33 bits per heavy atom. The molecule has 0 aromatic heterocycles. The fourth-order valence-electron chi connectivity index (χ4n) is 1.63. The van der Waals surface area contributed by atoms with Crippen LogP contribution in [-0.2, 0) is 4.79 Å². The third-order valence-electron chi connectivity index (χ3n) is 2.68. The van der Waals surface area contributed by atoms with Crippen LogP contribution in [0.5, 0.6) is 5.75 Å². The Hall–Kier alpha value is -1.16. The van der Waals surface area contributed by atoms with Gasteiger partial charge in [-0.25, -0.2) is 0 Å². The van der Waals surface area contributed by atoms with E-state index in [9.17, 15) is 9.90 Å². The molecule has 0 aliphatic carbocycles. The highest BCUT2D eigenvalue weighted by Crippen LogP contribution is 2.28. The van der Waals surface area contributed by atoms with Crippen molar-refractivity contribution >= 4 is 17.7 Å². The number of aliphatic carboxylic acids is 1. The predicted molar refractivity (Wildman–Crippen MR) is 74.4 cm³/mol. The van der Waals surface area contributed by atoms with Crippen LogP contribution >= 0.6 is 11.8 Å². The molecule has 3 nitrogen and oxygen atoms in total. The van der Waals surface area contributed by atoms with Gasteiger partial charge in [0, 0.05) is 4.90 Å². The van der Waals surface area contributed by atoms with Crippen LogP contribution in [0, 0.1) is 0 Å². The molecule has 100 valence electrons. The van der Waals surface area contributed by atoms with Crippen LogP contribution in [0.4, 0.5) is 0 Å². The van der Waals surface area contributed by atoms with E-state index in [4.69, 9.17) is 4.74 Å². The lowest BCUT2D eigenvalue weighted by Gasteiger charge is -2.12. The molecule has 0 radical (unpaired) electrons. The number of thioether (sulfide) groups is 1. The van der Waals surface area contributed by atoms with Gasteiger partial charge in [-0.15, -0.1) is 11.8 Å². The maximum Gasteiger partial charge on any atom is 0.316 e. The van der Waals surface area contributed by atoms with Gasteiger partial charge in [0.05, 0.1) is 7.11 Å². The average Bonchev–Trinajstić information content (AvgIpc) is 2.38. The number of hydrogen-bond donors (Lipinski definition) is 1. The summed E-state index contributed by atoms with van der Waals surface area (Å²) in [5.74, 6) is 0.0594. The van der Waals surface area contributed by atoms with Gasteiger partial charge < -0.3 is 9.84 Å². The van der Waals surface area contributed by atoms with E-state index < -0.39 is 5.97 Å². The molecule has 0 fully saturated rings. The topological polar surface area (TPSA) is 46.5 Å². The van der Waals surface area contributed by atoms with Gasteiger partial charge in [-0.05, 0) is 30.7 Å². The van der Waals surface area contributed by atoms with Gasteiger partial charge in [-0.2, -0.15) is 0 Å². The second-order valence-corrected chi connectivity index (χ2v) is 5.39. The number of carboxylic acids is 1. The summed E-state index contributed by atoms with van der Waals surface area (Å²) in [5, 5.41) is 8.83. The highest BCUT2D eigenvalue weighted by atomic mass is 32.2. The van der Waals surface area contributed by atoms with Crippen molar-refractivity contribution in [3.63, 3.8) is 0 Å². The first-order chi connectivity index (χ1) is 8.67. The van der Waals surface area contributed by atoms with Crippen molar-refractivity contribution in [2.24, 2.45) is 0 Å². The van der Waals surface area contributed by atoms with E-state index in [1.54, 1.807) is 7.11 Å². The number of hydrogen-bond acceptors (Lipinski definition) is 3. The number of carboxylic acid groups (broad SMARTS) is 1. The first kappa shape index (κ1) is 14.9. The minimum absolute atomic E-state index is 0.357. The van der Waals surface area contributed by atoms with Crippen LogP contribution in [0.3, 0.4) is 0 Å². The molecule has 1 atom stereocenters. The average molecular weight is 268 g/mol. The Morgan fingerprint density at radius 2 is 2.00 bits per heavy atom. The number of rotatable bonds is 8. The minimum Gasteiger partial charge on any atom is -0.497 e. The standard InChI is InChI=1S/C14H20O3S/c1-3-4-5-6-13(14(15)16)18-12-9-7-11(17-2)8-10-12/h7-10,13H,3-6H2,1-2H3,(H,15,16). The van der Waals surface area contributed by atoms with E-state index in [-0.39, 0.29) is 5.25 Å². The zero-order valence-corrected chi connectivity index (χ0v) is 11.7. The first-order valence-corrected chi connectivity index (χ1v) is 7.08. The lowest BCUT2D eigenvalue weighted by Crippen LogP contribution is -2.15. The summed E-state index contributed by atoms with van der Waals surface area (Å²) in [6.07, 6.45) is 3.89. The number of benzene rings is 1. The van der Waals surface area contributed by atoms with Crippen LogP contribution < -0.4 is 4.74 Å². The zero-order valence-electron chi connectivity index (χ0n) is 10.9. The second kappa shape index (κ2) is 8.03. The molecule has 0 saturated heterocycles. The van der Waals surface area contributed by atoms with Gasteiger partial charge in [0.25, 0.3) is 0 Å². The van der Waals surface area contributed by atoms with Crippen molar-refractivity contribution in [1.82, 2.24) is 0 Å². The molecule has 1 unspecified atom stereocenters. The van der Waals surface area contributed by atoms with Gasteiger partial charge in [-0.1, -0.05) is 26.2 Å². The van der Waals surface area contributed by atoms with Crippen LogP contribution in [0.1, 0.15) is 32.6 Å². The Balaban J connectivity index is 2.56. The lowest BCUT2D eigenvalue weighted by molar-refractivity contribution is -0.136. The summed E-state index contributed by atoms with van der Waals surface area (Å²) in [4.78, 5) is 12.1. The van der Waals surface area contributed by atoms with E-state index in [0.29, 0.717) is 0 Å². The van der Waals surface area contributed by atoms with Crippen LogP contribution in [0.15, 0.2) is 29.2 Å². The molecule has 0 amide bonds. The molecule has 4 heteroatoms. The molecule has 1 aromatic rings. The number of unbranched alkanes of at least 4 members (excludes halogenated alkanes) is 2. The zero-order chi connectivity index (χ0) is 13.4. The maximum atomic E-state index is 11.2. The van der Waals surface area contributed by atoms with E-state index >= 15 is 0 Å². The minimum atomic E-state index is -0.730. The first-order valence-electron chi connectivity index (χ1n) is 6.21. The molecule has 0 aliphatic heterocycles. The Kier molecular flexibility index (Phi) is 6.65. The van der Waals surface area contributed by atoms with Gasteiger partial charge in [-0.3, -0.25) is 4.79 Å². The van der Waals surface area contributed by atoms with E-state index in [1.807, 2.05) is 24.3 Å². The van der Waals surface area contributed by atoms with Crippen molar-refractivity contribution in [3.05, 3.63) is 24.3 Å². The third-order valence-corrected chi connectivity index (χ3v) is 3.95. The monoisotopic (exact) mass is 268 g/mol. The molecule has 0 saturated carbocycles. The Labute approximate surface area is 113 Å². The molecule has 0 bridgehead atoms. The molecule has 0 heterocycles. The highest BCUT2D eigenvalue weighted by molar-refractivity contribution is 8.00. The molecular weight excluding hydrogens is 248 g/mol. The van der Waals surface area contributed by atoms with Crippen molar-refractivity contribution in [2.75, 3.05) is 7.11 Å². The van der Waals surface area contributed by atoms with Crippen molar-refractivity contribution in [3.8, 4) is 5.75 Å². The second-order valence-electron chi connectivity index (χ2n) is 4.12. The summed E-state index contributed by atoms with van der Waals surface area (Å²) in [6.45, 7) is 2.12. The van der Waals surface area contributed by atoms with Crippen LogP contribution in [0.2, 0.25) is 0 Å². The normalized spacial score (nSPS) is 12.1. The molecule has 0 spiro atoms. The van der Waals surface area contributed by atoms with Gasteiger partial charge in [0.2, 0.25) is 0 Å². The van der Waals surface area contributed by atoms with E-state index in [1.165, 1.54) is 11.8 Å². The van der Waals surface area contributed by atoms with Crippen LogP contribution in [-0.4, -0.2) is 23.4 Å². The SMILES string of the molecule is CCCCCC(Sc1ccc(OC)cc1)C(=O)O. The van der Waals surface area contributed by atoms with E-state index in [0.717, 1.165) is 36.3 Å². The Bertz CT molecular complexity index is 362. The largest absolute Gasteiger partial charge is 0.497 e. The fraction of sp³-hybridized carbons (Fsp3) is 0.500. The van der Waals surface area contributed by atoms with Gasteiger partial charge in [0.1, 0.15) is 11.0 Å². The molecule has 0 aliphatic rings. The third kappa shape index (κ3) is 5.00. The van der Waals surface area contributed by atoms with Gasteiger partial charge >= 0.3 is 5.97 Å². The number of methoxy groups -OCH3 is 1. The highest BCUT2D eigenvalue weighted by Gasteiger charge is 2.18. The molecule has 1 rings (SSSR count). The molecule has 18 heavy (non-hydrogen) atoms. The van der Waals surface area contributed by atoms with Crippen molar-refractivity contribution < 1.29 is 14.6 Å². The Morgan fingerprint density at radius 3 is 2.50 bits per heavy atom. The number of carbonyl (C=O) groups is 1. The maximum absolute atomic E-state index is 11.2. The van der Waals surface area contributed by atoms with Crippen molar-refractivity contribution in [1.29, 1.82) is 0 Å². The van der Waals surface area contributed by atoms with Gasteiger partial charge in [0.15, 0.2) is 0 Å². The lowest BCUT2D eigenvalue weighted by atomic mass is 10.1. The molecule has 1 N–H and O–H groups in total. The van der Waals surface area contributed by atoms with Crippen molar-refractivity contribution in [2.45, 2.75) is 42.8 Å². The predicted octanol–water partition coefficient (Wildman–Crippen LogP) is 3.82. The number of ether oxygens (including phenoxy) is 1. The fourth-order valence-corrected chi connectivity index (χ4v) is 2.64.